The smallest absolute Gasteiger partial charge is 0.290 e. The third-order valence-electron chi connectivity index (χ3n) is 4.55. The Kier molecular flexibility index (Phi) is 4.63. The van der Waals surface area contributed by atoms with Crippen molar-refractivity contribution >= 4 is 39.4 Å². The van der Waals surface area contributed by atoms with E-state index >= 15 is 0 Å². The Labute approximate surface area is 155 Å². The maximum absolute atomic E-state index is 12.3. The van der Waals surface area contributed by atoms with Crippen LogP contribution in [-0.2, 0) is 11.2 Å². The Morgan fingerprint density at radius 2 is 1.81 bits per heavy atom. The summed E-state index contributed by atoms with van der Waals surface area (Å²) in [4.78, 5) is 27.7. The van der Waals surface area contributed by atoms with E-state index < -0.39 is 0 Å². The van der Waals surface area contributed by atoms with Gasteiger partial charge in [0.15, 0.2) is 0 Å². The maximum atomic E-state index is 12.3. The van der Waals surface area contributed by atoms with Crippen molar-refractivity contribution in [3.63, 3.8) is 0 Å². The van der Waals surface area contributed by atoms with Crippen molar-refractivity contribution in [2.45, 2.75) is 19.3 Å². The van der Waals surface area contributed by atoms with E-state index in [0.29, 0.717) is 4.91 Å². The molecule has 0 radical (unpaired) electrons. The number of imide groups is 1. The largest absolute Gasteiger partial charge is 0.361 e. The molecule has 1 aromatic heterocycles. The molecule has 0 unspecified atom stereocenters. The highest BCUT2D eigenvalue weighted by Gasteiger charge is 2.29. The van der Waals surface area contributed by atoms with Crippen LogP contribution in [-0.4, -0.2) is 16.1 Å². The number of hydrogen-bond donors (Lipinski definition) is 2. The van der Waals surface area contributed by atoms with E-state index in [9.17, 15) is 9.59 Å². The lowest BCUT2D eigenvalue weighted by Crippen LogP contribution is -2.18. The standard InChI is InChI=1S/C21H18N2O2S/c24-20-19(26-21(25)23-20)17(10-4-8-14-6-2-1-3-7-14)15-9-5-11-18-16(15)12-13-22-18/h1-3,5-7,9,11-13,22H,4,8,10H2,(H,23,24,25). The number of amides is 2. The number of fused-ring (bicyclic) bond motifs is 1. The molecule has 2 amide bonds. The average Bonchev–Trinajstić information content (AvgIpc) is 3.25. The van der Waals surface area contributed by atoms with Crippen LogP contribution in [0.5, 0.6) is 0 Å². The number of aryl methyl sites for hydroxylation is 1. The Balaban J connectivity index is 1.69. The molecule has 130 valence electrons. The van der Waals surface area contributed by atoms with Gasteiger partial charge in [0.05, 0.1) is 4.91 Å². The second kappa shape index (κ2) is 7.22. The highest BCUT2D eigenvalue weighted by atomic mass is 32.2. The Morgan fingerprint density at radius 1 is 0.962 bits per heavy atom. The first-order valence-electron chi connectivity index (χ1n) is 8.59. The number of H-pyrrole nitrogens is 1. The number of carbonyl (C=O) groups is 2. The first-order valence-corrected chi connectivity index (χ1v) is 9.41. The van der Waals surface area contributed by atoms with E-state index in [1.165, 1.54) is 5.56 Å². The van der Waals surface area contributed by atoms with Gasteiger partial charge in [0.2, 0.25) is 0 Å². The maximum Gasteiger partial charge on any atom is 0.290 e. The van der Waals surface area contributed by atoms with Gasteiger partial charge in [-0.2, -0.15) is 0 Å². The van der Waals surface area contributed by atoms with Gasteiger partial charge in [0.1, 0.15) is 0 Å². The van der Waals surface area contributed by atoms with Crippen molar-refractivity contribution in [2.75, 3.05) is 0 Å². The zero-order chi connectivity index (χ0) is 17.9. The normalized spacial score (nSPS) is 16.2. The van der Waals surface area contributed by atoms with Crippen LogP contribution in [0.4, 0.5) is 4.79 Å². The van der Waals surface area contributed by atoms with E-state index in [1.807, 2.05) is 48.7 Å². The Hall–Kier alpha value is -2.79. The lowest BCUT2D eigenvalue weighted by atomic mass is 9.95. The quantitative estimate of drug-likeness (QED) is 0.636. The summed E-state index contributed by atoms with van der Waals surface area (Å²) in [6.07, 6.45) is 4.47. The number of rotatable bonds is 5. The van der Waals surface area contributed by atoms with Crippen molar-refractivity contribution in [1.29, 1.82) is 0 Å². The lowest BCUT2D eigenvalue weighted by molar-refractivity contribution is -0.115. The number of carbonyl (C=O) groups excluding carboxylic acids is 2. The van der Waals surface area contributed by atoms with Gasteiger partial charge in [-0.1, -0.05) is 42.5 Å². The van der Waals surface area contributed by atoms with Crippen molar-refractivity contribution in [2.24, 2.45) is 0 Å². The predicted molar refractivity (Wildman–Crippen MR) is 106 cm³/mol. The SMILES string of the molecule is O=C1NC(=O)C(=C(CCCc2ccccc2)c2cccc3[nH]ccc23)S1. The summed E-state index contributed by atoms with van der Waals surface area (Å²) < 4.78 is 0. The van der Waals surface area contributed by atoms with Crippen molar-refractivity contribution in [3.05, 3.63) is 76.8 Å². The molecular weight excluding hydrogens is 344 g/mol. The molecule has 0 saturated carbocycles. The topological polar surface area (TPSA) is 62.0 Å². The number of benzene rings is 2. The molecule has 0 atom stereocenters. The van der Waals surface area contributed by atoms with Crippen molar-refractivity contribution < 1.29 is 9.59 Å². The van der Waals surface area contributed by atoms with Gasteiger partial charge in [-0.3, -0.25) is 14.9 Å². The summed E-state index contributed by atoms with van der Waals surface area (Å²) >= 11 is 1.00. The van der Waals surface area contributed by atoms with Crippen LogP contribution in [0.25, 0.3) is 16.5 Å². The van der Waals surface area contributed by atoms with Gasteiger partial charge >= 0.3 is 0 Å². The predicted octanol–water partition coefficient (Wildman–Crippen LogP) is 4.88. The molecule has 1 saturated heterocycles. The molecule has 2 heterocycles. The summed E-state index contributed by atoms with van der Waals surface area (Å²) in [5.41, 5.74) is 4.26. The van der Waals surface area contributed by atoms with Gasteiger partial charge in [0.25, 0.3) is 11.1 Å². The van der Waals surface area contributed by atoms with Crippen LogP contribution in [0.3, 0.4) is 0 Å². The Bertz CT molecular complexity index is 1010. The van der Waals surface area contributed by atoms with Gasteiger partial charge < -0.3 is 4.98 Å². The number of allylic oxidation sites excluding steroid dienone is 1. The molecule has 26 heavy (non-hydrogen) atoms. The molecule has 3 aromatic rings. The second-order valence-corrected chi connectivity index (χ2v) is 7.22. The zero-order valence-electron chi connectivity index (χ0n) is 14.1. The fraction of sp³-hybridized carbons (Fsp3) is 0.143. The number of thioether (sulfide) groups is 1. The highest BCUT2D eigenvalue weighted by Crippen LogP contribution is 2.37. The minimum Gasteiger partial charge on any atom is -0.361 e. The molecule has 5 heteroatoms. The molecule has 2 N–H and O–H groups in total. The number of aromatic amines is 1. The summed E-state index contributed by atoms with van der Waals surface area (Å²) in [5, 5.41) is 3.16. The molecule has 2 aromatic carbocycles. The molecule has 0 aliphatic carbocycles. The first kappa shape index (κ1) is 16.7. The summed E-state index contributed by atoms with van der Waals surface area (Å²) in [6, 6.07) is 18.3. The fourth-order valence-electron chi connectivity index (χ4n) is 3.35. The summed E-state index contributed by atoms with van der Waals surface area (Å²) in [5.74, 6) is -0.290. The monoisotopic (exact) mass is 362 g/mol. The van der Waals surface area contributed by atoms with Crippen LogP contribution < -0.4 is 5.32 Å². The summed E-state index contributed by atoms with van der Waals surface area (Å²) in [7, 11) is 0. The van der Waals surface area contributed by atoms with Crippen LogP contribution in [0, 0.1) is 0 Å². The van der Waals surface area contributed by atoms with Gasteiger partial charge in [-0.25, -0.2) is 0 Å². The van der Waals surface area contributed by atoms with E-state index in [2.05, 4.69) is 22.4 Å². The minimum atomic E-state index is -0.299. The minimum absolute atomic E-state index is 0.290. The van der Waals surface area contributed by atoms with Crippen molar-refractivity contribution in [3.8, 4) is 0 Å². The third kappa shape index (κ3) is 3.30. The second-order valence-electron chi connectivity index (χ2n) is 6.23. The molecule has 0 spiro atoms. The van der Waals surface area contributed by atoms with Crippen LogP contribution in [0.15, 0.2) is 65.7 Å². The third-order valence-corrected chi connectivity index (χ3v) is 5.47. The first-order chi connectivity index (χ1) is 12.7. The molecule has 0 bridgehead atoms. The van der Waals surface area contributed by atoms with Gasteiger partial charge in [-0.15, -0.1) is 0 Å². The van der Waals surface area contributed by atoms with Gasteiger partial charge in [-0.05, 0) is 59.9 Å². The number of hydrogen-bond acceptors (Lipinski definition) is 3. The van der Waals surface area contributed by atoms with Crippen LogP contribution in [0.1, 0.15) is 24.0 Å². The Morgan fingerprint density at radius 3 is 2.58 bits per heavy atom. The molecule has 1 fully saturated rings. The molecular formula is C21H18N2O2S. The average molecular weight is 362 g/mol. The molecule has 4 nitrogen and oxygen atoms in total. The van der Waals surface area contributed by atoms with E-state index in [0.717, 1.165) is 53.1 Å². The van der Waals surface area contributed by atoms with Gasteiger partial charge in [0, 0.05) is 17.1 Å². The van der Waals surface area contributed by atoms with E-state index in [-0.39, 0.29) is 11.1 Å². The van der Waals surface area contributed by atoms with Crippen molar-refractivity contribution in [1.82, 2.24) is 10.3 Å². The van der Waals surface area contributed by atoms with E-state index in [1.54, 1.807) is 0 Å². The lowest BCUT2D eigenvalue weighted by Gasteiger charge is -2.12. The van der Waals surface area contributed by atoms with Crippen LogP contribution >= 0.6 is 11.8 Å². The number of nitrogens with one attached hydrogen (secondary N) is 2. The van der Waals surface area contributed by atoms with Crippen LogP contribution in [0.2, 0.25) is 0 Å². The fourth-order valence-corrected chi connectivity index (χ4v) is 4.15. The molecule has 1 aliphatic rings. The summed E-state index contributed by atoms with van der Waals surface area (Å²) in [6.45, 7) is 0. The van der Waals surface area contributed by atoms with E-state index in [4.69, 9.17) is 0 Å². The highest BCUT2D eigenvalue weighted by molar-refractivity contribution is 8.18. The zero-order valence-corrected chi connectivity index (χ0v) is 14.9. The molecule has 1 aliphatic heterocycles. The molecule has 4 rings (SSSR count). The number of aromatic nitrogens is 1.